The Morgan fingerprint density at radius 1 is 1.22 bits per heavy atom. The highest BCUT2D eigenvalue weighted by Crippen LogP contribution is 2.29. The molecule has 1 fully saturated rings. The highest BCUT2D eigenvalue weighted by atomic mass is 16.5. The van der Waals surface area contributed by atoms with E-state index in [9.17, 15) is 9.59 Å². The van der Waals surface area contributed by atoms with Gasteiger partial charge in [0.25, 0.3) is 5.91 Å². The van der Waals surface area contributed by atoms with Crippen LogP contribution in [0.5, 0.6) is 5.75 Å². The molecule has 0 spiro atoms. The smallest absolute Gasteiger partial charge is 0.262 e. The van der Waals surface area contributed by atoms with Gasteiger partial charge in [0, 0.05) is 13.0 Å². The molecule has 1 heterocycles. The predicted molar refractivity (Wildman–Crippen MR) is 107 cm³/mol. The second kappa shape index (κ2) is 8.25. The average Bonchev–Trinajstić information content (AvgIpc) is 3.07. The van der Waals surface area contributed by atoms with Gasteiger partial charge in [0.1, 0.15) is 5.75 Å². The van der Waals surface area contributed by atoms with Crippen molar-refractivity contribution in [2.24, 2.45) is 0 Å². The van der Waals surface area contributed by atoms with Gasteiger partial charge in [-0.05, 0) is 48.6 Å². The van der Waals surface area contributed by atoms with Crippen molar-refractivity contribution in [3.05, 3.63) is 53.6 Å². The summed E-state index contributed by atoms with van der Waals surface area (Å²) in [6, 6.07) is 13.5. The first-order valence-corrected chi connectivity index (χ1v) is 9.38. The number of nitrogens with zero attached hydrogens (tertiary/aromatic N) is 1. The number of amides is 2. The van der Waals surface area contributed by atoms with Crippen LogP contribution < -0.4 is 15.0 Å². The summed E-state index contributed by atoms with van der Waals surface area (Å²) in [5.74, 6) is 0.962. The Balaban J connectivity index is 1.67. The Bertz CT molecular complexity index is 845. The van der Waals surface area contributed by atoms with Crippen LogP contribution in [0, 0.1) is 6.92 Å². The molecule has 5 heteroatoms. The van der Waals surface area contributed by atoms with Gasteiger partial charge in [-0.3, -0.25) is 9.59 Å². The summed E-state index contributed by atoms with van der Waals surface area (Å²) in [5.41, 5.74) is 3.55. The van der Waals surface area contributed by atoms with Gasteiger partial charge >= 0.3 is 0 Å². The number of ether oxygens (including phenoxy) is 1. The second-order valence-corrected chi connectivity index (χ2v) is 7.18. The van der Waals surface area contributed by atoms with E-state index in [0.717, 1.165) is 23.4 Å². The molecule has 27 heavy (non-hydrogen) atoms. The van der Waals surface area contributed by atoms with Crippen molar-refractivity contribution in [3.63, 3.8) is 0 Å². The quantitative estimate of drug-likeness (QED) is 0.831. The largest absolute Gasteiger partial charge is 0.483 e. The first-order valence-electron chi connectivity index (χ1n) is 9.38. The first kappa shape index (κ1) is 19.0. The van der Waals surface area contributed by atoms with E-state index < -0.39 is 0 Å². The zero-order valence-electron chi connectivity index (χ0n) is 16.1. The SMILES string of the molecule is Cc1ccc(C(C)C)cc1OCC(=O)Nc1ccccc1N1CCCC1=O. The fraction of sp³-hybridized carbons (Fsp3) is 0.364. The van der Waals surface area contributed by atoms with Crippen LogP contribution in [-0.2, 0) is 9.59 Å². The first-order chi connectivity index (χ1) is 13.0. The molecule has 1 N–H and O–H groups in total. The second-order valence-electron chi connectivity index (χ2n) is 7.18. The number of hydrogen-bond acceptors (Lipinski definition) is 3. The Morgan fingerprint density at radius 3 is 2.70 bits per heavy atom. The summed E-state index contributed by atoms with van der Waals surface area (Å²) in [4.78, 5) is 26.2. The fourth-order valence-electron chi connectivity index (χ4n) is 3.18. The van der Waals surface area contributed by atoms with Crippen LogP contribution in [0.2, 0.25) is 0 Å². The Kier molecular flexibility index (Phi) is 5.79. The molecule has 0 saturated carbocycles. The van der Waals surface area contributed by atoms with Crippen LogP contribution in [0.15, 0.2) is 42.5 Å². The number of carbonyl (C=O) groups is 2. The minimum absolute atomic E-state index is 0.0787. The van der Waals surface area contributed by atoms with Crippen molar-refractivity contribution < 1.29 is 14.3 Å². The van der Waals surface area contributed by atoms with Crippen molar-refractivity contribution in [2.75, 3.05) is 23.4 Å². The third-order valence-corrected chi connectivity index (χ3v) is 4.78. The van der Waals surface area contributed by atoms with Gasteiger partial charge in [0.05, 0.1) is 11.4 Å². The lowest BCUT2D eigenvalue weighted by Crippen LogP contribution is -2.27. The zero-order valence-corrected chi connectivity index (χ0v) is 16.1. The number of para-hydroxylation sites is 2. The van der Waals surface area contributed by atoms with Crippen molar-refractivity contribution in [1.29, 1.82) is 0 Å². The molecule has 2 aromatic rings. The van der Waals surface area contributed by atoms with Gasteiger partial charge < -0.3 is 15.0 Å². The maximum atomic E-state index is 12.4. The zero-order chi connectivity index (χ0) is 19.4. The van der Waals surface area contributed by atoms with E-state index in [4.69, 9.17) is 4.74 Å². The number of anilines is 2. The van der Waals surface area contributed by atoms with E-state index in [-0.39, 0.29) is 18.4 Å². The summed E-state index contributed by atoms with van der Waals surface area (Å²) < 4.78 is 5.76. The van der Waals surface area contributed by atoms with E-state index in [1.54, 1.807) is 4.90 Å². The number of nitrogens with one attached hydrogen (secondary N) is 1. The third-order valence-electron chi connectivity index (χ3n) is 4.78. The van der Waals surface area contributed by atoms with Gasteiger partial charge in [0.15, 0.2) is 6.61 Å². The number of rotatable bonds is 6. The van der Waals surface area contributed by atoms with Gasteiger partial charge in [-0.15, -0.1) is 0 Å². The molecule has 2 amide bonds. The van der Waals surface area contributed by atoms with Crippen molar-refractivity contribution in [2.45, 2.75) is 39.5 Å². The molecule has 1 saturated heterocycles. The minimum Gasteiger partial charge on any atom is -0.483 e. The Hall–Kier alpha value is -2.82. The molecular weight excluding hydrogens is 340 g/mol. The fourth-order valence-corrected chi connectivity index (χ4v) is 3.18. The molecule has 0 bridgehead atoms. The standard InChI is InChI=1S/C22H26N2O3/c1-15(2)17-11-10-16(3)20(13-17)27-14-21(25)23-18-7-4-5-8-19(18)24-12-6-9-22(24)26/h4-5,7-8,10-11,13,15H,6,9,12,14H2,1-3H3,(H,23,25). The van der Waals surface area contributed by atoms with E-state index >= 15 is 0 Å². The number of aryl methyl sites for hydroxylation is 1. The molecule has 1 aliphatic heterocycles. The average molecular weight is 366 g/mol. The molecule has 0 radical (unpaired) electrons. The van der Waals surface area contributed by atoms with Gasteiger partial charge in [-0.1, -0.05) is 38.1 Å². The van der Waals surface area contributed by atoms with E-state index in [0.29, 0.717) is 24.6 Å². The molecule has 142 valence electrons. The maximum Gasteiger partial charge on any atom is 0.262 e. The van der Waals surface area contributed by atoms with Crippen LogP contribution in [0.4, 0.5) is 11.4 Å². The van der Waals surface area contributed by atoms with Crippen LogP contribution in [-0.4, -0.2) is 25.0 Å². The van der Waals surface area contributed by atoms with E-state index in [1.165, 1.54) is 5.56 Å². The molecule has 0 aliphatic carbocycles. The van der Waals surface area contributed by atoms with Crippen LogP contribution in [0.25, 0.3) is 0 Å². The normalized spacial score (nSPS) is 13.9. The molecule has 2 aromatic carbocycles. The molecular formula is C22H26N2O3. The lowest BCUT2D eigenvalue weighted by Gasteiger charge is -2.20. The number of hydrogen-bond donors (Lipinski definition) is 1. The summed E-state index contributed by atoms with van der Waals surface area (Å²) in [7, 11) is 0. The Labute approximate surface area is 160 Å². The van der Waals surface area contributed by atoms with Crippen molar-refractivity contribution in [3.8, 4) is 5.75 Å². The van der Waals surface area contributed by atoms with E-state index in [2.05, 4.69) is 25.2 Å². The molecule has 5 nitrogen and oxygen atoms in total. The molecule has 0 unspecified atom stereocenters. The van der Waals surface area contributed by atoms with Gasteiger partial charge in [-0.2, -0.15) is 0 Å². The lowest BCUT2D eigenvalue weighted by atomic mass is 10.0. The molecule has 3 rings (SSSR count). The van der Waals surface area contributed by atoms with Crippen molar-refractivity contribution in [1.82, 2.24) is 0 Å². The molecule has 0 aromatic heterocycles. The highest BCUT2D eigenvalue weighted by molar-refractivity contribution is 6.02. The minimum atomic E-state index is -0.247. The highest BCUT2D eigenvalue weighted by Gasteiger charge is 2.24. The number of carbonyl (C=O) groups excluding carboxylic acids is 2. The summed E-state index contributed by atoms with van der Waals surface area (Å²) in [5, 5.41) is 2.88. The molecule has 0 atom stereocenters. The van der Waals surface area contributed by atoms with Crippen LogP contribution in [0.1, 0.15) is 43.7 Å². The predicted octanol–water partition coefficient (Wildman–Crippen LogP) is 4.26. The van der Waals surface area contributed by atoms with Gasteiger partial charge in [0.2, 0.25) is 5.91 Å². The summed E-state index contributed by atoms with van der Waals surface area (Å²) in [6.45, 7) is 6.81. The van der Waals surface area contributed by atoms with Crippen molar-refractivity contribution >= 4 is 23.2 Å². The molecule has 1 aliphatic rings. The van der Waals surface area contributed by atoms with Gasteiger partial charge in [-0.25, -0.2) is 0 Å². The number of benzene rings is 2. The summed E-state index contributed by atoms with van der Waals surface area (Å²) in [6.07, 6.45) is 1.40. The lowest BCUT2D eigenvalue weighted by molar-refractivity contribution is -0.118. The van der Waals surface area contributed by atoms with Crippen LogP contribution >= 0.6 is 0 Å². The topological polar surface area (TPSA) is 58.6 Å². The summed E-state index contributed by atoms with van der Waals surface area (Å²) >= 11 is 0. The maximum absolute atomic E-state index is 12.4. The van der Waals surface area contributed by atoms with E-state index in [1.807, 2.05) is 43.3 Å². The Morgan fingerprint density at radius 2 is 2.00 bits per heavy atom. The monoisotopic (exact) mass is 366 g/mol. The third kappa shape index (κ3) is 4.48. The van der Waals surface area contributed by atoms with Crippen LogP contribution in [0.3, 0.4) is 0 Å².